The molecule has 2 saturated heterocycles. The average Bonchev–Trinajstić information content (AvgIpc) is 2.59. The number of allylic oxidation sites excluding steroid dienone is 2. The number of rotatable bonds is 2. The molecule has 0 spiro atoms. The van der Waals surface area contributed by atoms with Crippen LogP contribution >= 0.6 is 0 Å². The molecule has 0 atom stereocenters. The van der Waals surface area contributed by atoms with E-state index in [1.165, 1.54) is 12.3 Å². The molecule has 3 aliphatic heterocycles. The maximum Gasteiger partial charge on any atom is 0.252 e. The van der Waals surface area contributed by atoms with Crippen LogP contribution in [0.15, 0.2) is 35.0 Å². The first-order valence-corrected chi connectivity index (χ1v) is 5.94. The van der Waals surface area contributed by atoms with Crippen LogP contribution in [0.2, 0.25) is 0 Å². The lowest BCUT2D eigenvalue weighted by atomic mass is 9.64. The van der Waals surface area contributed by atoms with Crippen LogP contribution < -0.4 is 10.6 Å². The highest BCUT2D eigenvalue weighted by Crippen LogP contribution is 2.41. The zero-order chi connectivity index (χ0) is 13.5. The van der Waals surface area contributed by atoms with Crippen molar-refractivity contribution in [1.82, 2.24) is 10.6 Å². The van der Waals surface area contributed by atoms with Crippen molar-refractivity contribution in [3.05, 3.63) is 30.0 Å². The average molecular weight is 257 g/mol. The molecule has 4 aliphatic rings. The summed E-state index contributed by atoms with van der Waals surface area (Å²) >= 11 is 0. The molecule has 6 nitrogen and oxygen atoms in total. The SMILES string of the molecule is O=C(NC12CC(C1)C(=O)NC2=O)C1=CC=C=NC=C1. The number of aliphatic imine (C=N–C) groups is 1. The van der Waals surface area contributed by atoms with Gasteiger partial charge in [-0.05, 0) is 30.9 Å². The number of imide groups is 1. The van der Waals surface area contributed by atoms with Gasteiger partial charge in [-0.1, -0.05) is 0 Å². The van der Waals surface area contributed by atoms with E-state index < -0.39 is 11.4 Å². The lowest BCUT2D eigenvalue weighted by molar-refractivity contribution is -0.155. The Morgan fingerprint density at radius 3 is 3.00 bits per heavy atom. The van der Waals surface area contributed by atoms with Gasteiger partial charge in [-0.2, -0.15) is 0 Å². The van der Waals surface area contributed by atoms with Gasteiger partial charge >= 0.3 is 0 Å². The van der Waals surface area contributed by atoms with Crippen molar-refractivity contribution in [3.63, 3.8) is 0 Å². The molecule has 6 heteroatoms. The highest BCUT2D eigenvalue weighted by molar-refractivity contribution is 6.10. The van der Waals surface area contributed by atoms with Crippen molar-refractivity contribution in [2.24, 2.45) is 10.9 Å². The van der Waals surface area contributed by atoms with Crippen LogP contribution in [-0.2, 0) is 14.4 Å². The van der Waals surface area contributed by atoms with Crippen molar-refractivity contribution in [2.45, 2.75) is 18.4 Å². The van der Waals surface area contributed by atoms with E-state index in [9.17, 15) is 14.4 Å². The van der Waals surface area contributed by atoms with E-state index in [1.807, 2.05) is 0 Å². The monoisotopic (exact) mass is 257 g/mol. The summed E-state index contributed by atoms with van der Waals surface area (Å²) in [5.74, 6) is 1.42. The minimum atomic E-state index is -0.929. The molecule has 96 valence electrons. The zero-order valence-electron chi connectivity index (χ0n) is 9.97. The van der Waals surface area contributed by atoms with Gasteiger partial charge in [0.05, 0.1) is 0 Å². The van der Waals surface area contributed by atoms with Crippen LogP contribution in [0, 0.1) is 5.92 Å². The second-order valence-corrected chi connectivity index (χ2v) is 4.82. The van der Waals surface area contributed by atoms with E-state index in [-0.39, 0.29) is 17.7 Å². The molecule has 3 heterocycles. The summed E-state index contributed by atoms with van der Waals surface area (Å²) < 4.78 is 0. The molecule has 1 saturated carbocycles. The lowest BCUT2D eigenvalue weighted by Gasteiger charge is -2.49. The van der Waals surface area contributed by atoms with E-state index in [0.29, 0.717) is 18.4 Å². The minimum absolute atomic E-state index is 0.167. The molecular formula is C13H11N3O3. The molecule has 3 fully saturated rings. The van der Waals surface area contributed by atoms with Gasteiger partial charge in [0.1, 0.15) is 5.54 Å². The highest BCUT2D eigenvalue weighted by atomic mass is 16.2. The van der Waals surface area contributed by atoms with Crippen LogP contribution in [0.1, 0.15) is 12.8 Å². The Bertz CT molecular complexity index is 603. The van der Waals surface area contributed by atoms with Crippen LogP contribution in [0.4, 0.5) is 0 Å². The molecular weight excluding hydrogens is 246 g/mol. The third-order valence-corrected chi connectivity index (χ3v) is 3.59. The molecule has 4 rings (SSSR count). The topological polar surface area (TPSA) is 87.6 Å². The predicted octanol–water partition coefficient (Wildman–Crippen LogP) is -0.413. The second kappa shape index (κ2) is 4.03. The molecule has 2 bridgehead atoms. The van der Waals surface area contributed by atoms with Gasteiger partial charge in [0.15, 0.2) is 0 Å². The molecule has 19 heavy (non-hydrogen) atoms. The maximum atomic E-state index is 12.1. The van der Waals surface area contributed by atoms with Gasteiger partial charge in [-0.15, -0.1) is 0 Å². The summed E-state index contributed by atoms with van der Waals surface area (Å²) in [5.41, 5.74) is -0.530. The first kappa shape index (κ1) is 11.6. The van der Waals surface area contributed by atoms with Crippen LogP contribution in [-0.4, -0.2) is 29.1 Å². The van der Waals surface area contributed by atoms with Gasteiger partial charge in [-0.3, -0.25) is 19.7 Å². The third kappa shape index (κ3) is 1.82. The quantitative estimate of drug-likeness (QED) is 0.659. The normalized spacial score (nSPS) is 31.2. The van der Waals surface area contributed by atoms with E-state index in [0.717, 1.165) is 0 Å². The highest BCUT2D eigenvalue weighted by Gasteiger charge is 2.58. The number of nitrogens with one attached hydrogen (secondary N) is 2. The Morgan fingerprint density at radius 2 is 2.26 bits per heavy atom. The van der Waals surface area contributed by atoms with Gasteiger partial charge in [0.2, 0.25) is 5.91 Å². The van der Waals surface area contributed by atoms with Gasteiger partial charge in [0.25, 0.3) is 11.8 Å². The Labute approximate surface area is 109 Å². The van der Waals surface area contributed by atoms with Gasteiger partial charge in [-0.25, -0.2) is 4.99 Å². The Balaban J connectivity index is 1.75. The van der Waals surface area contributed by atoms with Crippen molar-refractivity contribution in [2.75, 3.05) is 0 Å². The van der Waals surface area contributed by atoms with Gasteiger partial charge in [0, 0.05) is 23.8 Å². The number of carbonyl (C=O) groups excluding carboxylic acids is 3. The smallest absolute Gasteiger partial charge is 0.252 e. The Morgan fingerprint density at radius 1 is 1.47 bits per heavy atom. The lowest BCUT2D eigenvalue weighted by Crippen LogP contribution is -2.73. The number of hydrogen-bond donors (Lipinski definition) is 2. The molecule has 0 radical (unpaired) electrons. The van der Waals surface area contributed by atoms with Crippen LogP contribution in [0.3, 0.4) is 0 Å². The summed E-state index contributed by atoms with van der Waals surface area (Å²) in [6.45, 7) is 0. The number of nitrogens with zero attached hydrogens (tertiary/aromatic N) is 1. The van der Waals surface area contributed by atoms with Crippen molar-refractivity contribution in [3.8, 4) is 0 Å². The van der Waals surface area contributed by atoms with E-state index in [1.54, 1.807) is 12.2 Å². The molecule has 2 N–H and O–H groups in total. The molecule has 0 unspecified atom stereocenters. The summed E-state index contributed by atoms with van der Waals surface area (Å²) in [5, 5.41) is 4.99. The maximum absolute atomic E-state index is 12.1. The molecule has 1 aliphatic carbocycles. The second-order valence-electron chi connectivity index (χ2n) is 4.82. The Kier molecular flexibility index (Phi) is 2.47. The summed E-state index contributed by atoms with van der Waals surface area (Å²) in [6.07, 6.45) is 6.87. The number of hydrogen-bond acceptors (Lipinski definition) is 4. The predicted molar refractivity (Wildman–Crippen MR) is 66.0 cm³/mol. The van der Waals surface area contributed by atoms with E-state index in [2.05, 4.69) is 21.5 Å². The Hall–Kier alpha value is -2.46. The largest absolute Gasteiger partial charge is 0.338 e. The molecule has 0 aromatic heterocycles. The number of piperidine rings is 2. The van der Waals surface area contributed by atoms with E-state index >= 15 is 0 Å². The van der Waals surface area contributed by atoms with Crippen molar-refractivity contribution in [1.29, 1.82) is 0 Å². The fourth-order valence-electron chi connectivity index (χ4n) is 2.47. The summed E-state index contributed by atoms with van der Waals surface area (Å²) in [7, 11) is 0. The van der Waals surface area contributed by atoms with Crippen LogP contribution in [0.25, 0.3) is 0 Å². The van der Waals surface area contributed by atoms with Gasteiger partial charge < -0.3 is 5.32 Å². The standard InChI is InChI=1S/C13H11N3O3/c17-10-9-6-13(7-9,12(19)15-10)16-11(18)8-2-1-4-14-5-3-8/h1-3,5,9H,6-7H2,(H,16,18)(H,15,17,19). The first-order valence-electron chi connectivity index (χ1n) is 5.94. The summed E-state index contributed by atoms with van der Waals surface area (Å²) in [4.78, 5) is 39.0. The zero-order valence-corrected chi connectivity index (χ0v) is 9.97. The molecule has 3 amide bonds. The fraction of sp³-hybridized carbons (Fsp3) is 0.308. The first-order chi connectivity index (χ1) is 9.11. The van der Waals surface area contributed by atoms with Crippen LogP contribution in [0.5, 0.6) is 0 Å². The summed E-state index contributed by atoms with van der Waals surface area (Å²) in [6, 6.07) is 0. The minimum Gasteiger partial charge on any atom is -0.338 e. The van der Waals surface area contributed by atoms with Crippen molar-refractivity contribution < 1.29 is 14.4 Å². The van der Waals surface area contributed by atoms with Crippen molar-refractivity contribution >= 4 is 23.6 Å². The number of fused-ring (bicyclic) bond motifs is 2. The fourth-order valence-corrected chi connectivity index (χ4v) is 2.47. The number of amides is 3. The molecule has 0 aromatic rings. The van der Waals surface area contributed by atoms with E-state index in [4.69, 9.17) is 0 Å². The third-order valence-electron chi connectivity index (χ3n) is 3.59. The number of carbonyl (C=O) groups is 3. The molecule has 0 aromatic carbocycles.